The second-order valence-electron chi connectivity index (χ2n) is 4.89. The highest BCUT2D eigenvalue weighted by molar-refractivity contribution is 6.99. The van der Waals surface area contributed by atoms with Crippen LogP contribution >= 0.6 is 11.7 Å². The van der Waals surface area contributed by atoms with E-state index in [9.17, 15) is 14.7 Å². The lowest BCUT2D eigenvalue weighted by Gasteiger charge is -2.23. The molecule has 1 aromatic heterocycles. The molecule has 6 nitrogen and oxygen atoms in total. The van der Waals surface area contributed by atoms with E-state index in [0.717, 1.165) is 31.0 Å². The summed E-state index contributed by atoms with van der Waals surface area (Å²) in [6.07, 6.45) is 4.40. The Morgan fingerprint density at radius 3 is 2.94 bits per heavy atom. The molecule has 1 saturated heterocycles. The molecule has 7 heteroatoms. The molecule has 1 saturated carbocycles. The number of likely N-dealkylation sites (tertiary alicyclic amines) is 1. The molecule has 0 radical (unpaired) electrons. The fraction of sp³-hybridized carbons (Fsp3) is 0.636. The highest BCUT2D eigenvalue weighted by Crippen LogP contribution is 2.42. The molecule has 0 bridgehead atoms. The van der Waals surface area contributed by atoms with E-state index in [4.69, 9.17) is 0 Å². The first-order valence-electron chi connectivity index (χ1n) is 6.00. The average molecular weight is 267 g/mol. The smallest absolute Gasteiger partial charge is 0.326 e. The van der Waals surface area contributed by atoms with Crippen molar-refractivity contribution >= 4 is 23.6 Å². The van der Waals surface area contributed by atoms with Crippen molar-refractivity contribution in [2.75, 3.05) is 6.54 Å². The van der Waals surface area contributed by atoms with Crippen molar-refractivity contribution in [1.29, 1.82) is 0 Å². The number of hydrogen-bond acceptors (Lipinski definition) is 5. The summed E-state index contributed by atoms with van der Waals surface area (Å²) in [7, 11) is 0. The fourth-order valence-electron chi connectivity index (χ4n) is 3.24. The van der Waals surface area contributed by atoms with Gasteiger partial charge in [0.1, 0.15) is 6.04 Å². The number of carboxylic acids is 1. The minimum absolute atomic E-state index is 0.109. The molecule has 1 aromatic rings. The van der Waals surface area contributed by atoms with E-state index in [1.807, 2.05) is 0 Å². The second-order valence-corrected chi connectivity index (χ2v) is 5.44. The molecule has 2 heterocycles. The molecule has 18 heavy (non-hydrogen) atoms. The summed E-state index contributed by atoms with van der Waals surface area (Å²) in [4.78, 5) is 25.1. The number of nitrogens with zero attached hydrogens (tertiary/aromatic N) is 3. The van der Waals surface area contributed by atoms with Crippen molar-refractivity contribution in [2.24, 2.45) is 11.8 Å². The Morgan fingerprint density at radius 1 is 1.44 bits per heavy atom. The van der Waals surface area contributed by atoms with Crippen molar-refractivity contribution < 1.29 is 14.7 Å². The molecule has 1 aliphatic carbocycles. The van der Waals surface area contributed by atoms with Gasteiger partial charge in [-0.2, -0.15) is 8.75 Å². The van der Waals surface area contributed by atoms with Crippen molar-refractivity contribution in [3.8, 4) is 0 Å². The zero-order valence-electron chi connectivity index (χ0n) is 9.65. The number of carboxylic acid groups (broad SMARTS) is 1. The van der Waals surface area contributed by atoms with Crippen LogP contribution in [0.4, 0.5) is 0 Å². The molecule has 3 rings (SSSR count). The monoisotopic (exact) mass is 267 g/mol. The quantitative estimate of drug-likeness (QED) is 0.859. The zero-order chi connectivity index (χ0) is 12.7. The molecule has 3 atom stereocenters. The lowest BCUT2D eigenvalue weighted by atomic mass is 9.94. The van der Waals surface area contributed by atoms with Crippen LogP contribution < -0.4 is 0 Å². The maximum atomic E-state index is 12.2. The minimum Gasteiger partial charge on any atom is -0.480 e. The van der Waals surface area contributed by atoms with E-state index in [-0.39, 0.29) is 17.5 Å². The standard InChI is InChI=1S/C11H13N3O3S/c15-10(8-4-12-18-13-8)14-5-6-2-1-3-7(6)9(14)11(16)17/h4,6-7,9H,1-3,5H2,(H,16,17). The van der Waals surface area contributed by atoms with Gasteiger partial charge >= 0.3 is 5.97 Å². The van der Waals surface area contributed by atoms with Crippen LogP contribution in [0.25, 0.3) is 0 Å². The number of hydrogen-bond donors (Lipinski definition) is 1. The van der Waals surface area contributed by atoms with E-state index in [0.29, 0.717) is 12.5 Å². The van der Waals surface area contributed by atoms with Gasteiger partial charge in [-0.3, -0.25) is 4.79 Å². The van der Waals surface area contributed by atoms with Gasteiger partial charge in [0.2, 0.25) is 0 Å². The summed E-state index contributed by atoms with van der Waals surface area (Å²) < 4.78 is 7.69. The lowest BCUT2D eigenvalue weighted by molar-refractivity contribution is -0.142. The number of fused-ring (bicyclic) bond motifs is 1. The number of carbonyl (C=O) groups excluding carboxylic acids is 1. The molecule has 2 fully saturated rings. The van der Waals surface area contributed by atoms with Crippen molar-refractivity contribution in [1.82, 2.24) is 13.6 Å². The maximum Gasteiger partial charge on any atom is 0.326 e. The molecular weight excluding hydrogens is 254 g/mol. The normalized spacial score (nSPS) is 30.4. The topological polar surface area (TPSA) is 83.4 Å². The largest absolute Gasteiger partial charge is 0.480 e. The molecule has 1 aliphatic heterocycles. The average Bonchev–Trinajstić information content (AvgIpc) is 3.03. The van der Waals surface area contributed by atoms with Crippen LogP contribution in [0.5, 0.6) is 0 Å². The number of rotatable bonds is 2. The molecule has 1 amide bonds. The van der Waals surface area contributed by atoms with Gasteiger partial charge in [-0.05, 0) is 24.7 Å². The number of carbonyl (C=O) groups is 2. The third kappa shape index (κ3) is 1.69. The Bertz CT molecular complexity index is 476. The van der Waals surface area contributed by atoms with E-state index in [1.54, 1.807) is 0 Å². The summed E-state index contributed by atoms with van der Waals surface area (Å²) >= 11 is 0.963. The van der Waals surface area contributed by atoms with Gasteiger partial charge in [0.15, 0.2) is 5.69 Å². The lowest BCUT2D eigenvalue weighted by Crippen LogP contribution is -2.43. The zero-order valence-corrected chi connectivity index (χ0v) is 10.5. The van der Waals surface area contributed by atoms with Crippen LogP contribution in [0.15, 0.2) is 6.20 Å². The van der Waals surface area contributed by atoms with Crippen LogP contribution in [0.3, 0.4) is 0 Å². The number of amides is 1. The molecule has 0 spiro atoms. The van der Waals surface area contributed by atoms with Gasteiger partial charge in [-0.1, -0.05) is 6.42 Å². The predicted molar refractivity (Wildman–Crippen MR) is 63.2 cm³/mol. The Kier molecular flexibility index (Phi) is 2.77. The molecule has 2 aliphatic rings. The van der Waals surface area contributed by atoms with Crippen LogP contribution in [0.1, 0.15) is 29.8 Å². The third-order valence-electron chi connectivity index (χ3n) is 3.98. The summed E-state index contributed by atoms with van der Waals surface area (Å²) in [5.41, 5.74) is 0.256. The van der Waals surface area contributed by atoms with Gasteiger partial charge in [-0.25, -0.2) is 4.79 Å². The first kappa shape index (κ1) is 11.6. The van der Waals surface area contributed by atoms with Gasteiger partial charge in [0.25, 0.3) is 5.91 Å². The molecule has 3 unspecified atom stereocenters. The van der Waals surface area contributed by atoms with E-state index in [1.165, 1.54) is 11.1 Å². The maximum absolute atomic E-state index is 12.2. The van der Waals surface area contributed by atoms with E-state index in [2.05, 4.69) is 8.75 Å². The van der Waals surface area contributed by atoms with E-state index < -0.39 is 12.0 Å². The van der Waals surface area contributed by atoms with Crippen molar-refractivity contribution in [3.05, 3.63) is 11.9 Å². The predicted octanol–water partition coefficient (Wildman–Crippen LogP) is 0.863. The van der Waals surface area contributed by atoms with E-state index >= 15 is 0 Å². The van der Waals surface area contributed by atoms with Crippen LogP contribution in [-0.2, 0) is 4.79 Å². The van der Waals surface area contributed by atoms with Gasteiger partial charge in [0.05, 0.1) is 17.9 Å². The minimum atomic E-state index is -0.902. The second kappa shape index (κ2) is 4.31. The summed E-state index contributed by atoms with van der Waals surface area (Å²) in [6, 6.07) is -0.688. The molecular formula is C11H13N3O3S. The Morgan fingerprint density at radius 2 is 2.28 bits per heavy atom. The first-order chi connectivity index (χ1) is 8.68. The summed E-state index contributed by atoms with van der Waals surface area (Å²) in [5, 5.41) is 9.35. The summed E-state index contributed by atoms with van der Waals surface area (Å²) in [5.74, 6) is -0.758. The Hall–Kier alpha value is -1.50. The van der Waals surface area contributed by atoms with Gasteiger partial charge in [-0.15, -0.1) is 0 Å². The van der Waals surface area contributed by atoms with Crippen LogP contribution in [-0.4, -0.2) is 43.2 Å². The Balaban J connectivity index is 1.87. The highest BCUT2D eigenvalue weighted by atomic mass is 32.1. The number of aliphatic carboxylic acids is 1. The highest BCUT2D eigenvalue weighted by Gasteiger charge is 2.49. The van der Waals surface area contributed by atoms with Crippen molar-refractivity contribution in [2.45, 2.75) is 25.3 Å². The van der Waals surface area contributed by atoms with Gasteiger partial charge in [0, 0.05) is 6.54 Å². The first-order valence-corrected chi connectivity index (χ1v) is 6.73. The van der Waals surface area contributed by atoms with Crippen LogP contribution in [0, 0.1) is 11.8 Å². The van der Waals surface area contributed by atoms with Crippen LogP contribution in [0.2, 0.25) is 0 Å². The molecule has 1 N–H and O–H groups in total. The van der Waals surface area contributed by atoms with Crippen molar-refractivity contribution in [3.63, 3.8) is 0 Å². The SMILES string of the molecule is O=C(O)C1C2CCCC2CN1C(=O)c1cnsn1. The Labute approximate surface area is 108 Å². The van der Waals surface area contributed by atoms with Gasteiger partial charge < -0.3 is 10.0 Å². The summed E-state index contributed by atoms with van der Waals surface area (Å²) in [6.45, 7) is 0.540. The third-order valence-corrected chi connectivity index (χ3v) is 4.46. The molecule has 0 aromatic carbocycles. The molecule has 96 valence electrons. The fourth-order valence-corrected chi connectivity index (χ4v) is 3.64. The number of aromatic nitrogens is 2.